The van der Waals surface area contributed by atoms with Gasteiger partial charge in [0.1, 0.15) is 11.5 Å². The smallest absolute Gasteiger partial charge is 0.416 e. The van der Waals surface area contributed by atoms with Crippen LogP contribution in [0, 0.1) is 0 Å². The zero-order valence-corrected chi connectivity index (χ0v) is 12.8. The summed E-state index contributed by atoms with van der Waals surface area (Å²) in [6, 6.07) is 8.57. The standard InChI is InChI=1S/C15H13BrF3NO/c1-2-9-3-5-14(12(20)7-9)21-13-6-4-10(8-11(13)16)15(17,18)19/h3-8H,2,20H2,1H3. The summed E-state index contributed by atoms with van der Waals surface area (Å²) in [4.78, 5) is 0. The van der Waals surface area contributed by atoms with Gasteiger partial charge in [-0.15, -0.1) is 0 Å². The number of hydrogen-bond acceptors (Lipinski definition) is 2. The fourth-order valence-corrected chi connectivity index (χ4v) is 2.25. The molecule has 0 radical (unpaired) electrons. The minimum absolute atomic E-state index is 0.219. The molecule has 0 aliphatic carbocycles. The monoisotopic (exact) mass is 359 g/mol. The van der Waals surface area contributed by atoms with Gasteiger partial charge in [-0.25, -0.2) is 0 Å². The third-order valence-electron chi connectivity index (χ3n) is 2.96. The first-order valence-electron chi connectivity index (χ1n) is 6.24. The Hall–Kier alpha value is -1.69. The number of nitrogens with two attached hydrogens (primary N) is 1. The Kier molecular flexibility index (Phi) is 4.46. The summed E-state index contributed by atoms with van der Waals surface area (Å²) in [6.07, 6.45) is -3.54. The van der Waals surface area contributed by atoms with Gasteiger partial charge in [-0.2, -0.15) is 13.2 Å². The van der Waals surface area contributed by atoms with Crippen LogP contribution in [0.5, 0.6) is 11.5 Å². The van der Waals surface area contributed by atoms with Crippen molar-refractivity contribution in [3.05, 3.63) is 52.0 Å². The summed E-state index contributed by atoms with van der Waals surface area (Å²) >= 11 is 3.08. The maximum Gasteiger partial charge on any atom is 0.416 e. The van der Waals surface area contributed by atoms with Crippen LogP contribution >= 0.6 is 15.9 Å². The zero-order chi connectivity index (χ0) is 15.6. The van der Waals surface area contributed by atoms with E-state index in [2.05, 4.69) is 15.9 Å². The summed E-state index contributed by atoms with van der Waals surface area (Å²) < 4.78 is 43.6. The zero-order valence-electron chi connectivity index (χ0n) is 11.2. The fourth-order valence-electron chi connectivity index (χ4n) is 1.79. The molecule has 0 aliphatic heterocycles. The Morgan fingerprint density at radius 3 is 2.29 bits per heavy atom. The van der Waals surface area contributed by atoms with Gasteiger partial charge in [0.2, 0.25) is 0 Å². The van der Waals surface area contributed by atoms with Crippen LogP contribution in [0.3, 0.4) is 0 Å². The molecule has 0 saturated heterocycles. The van der Waals surface area contributed by atoms with Crippen molar-refractivity contribution in [3.8, 4) is 11.5 Å². The number of aryl methyl sites for hydroxylation is 1. The number of benzene rings is 2. The maximum absolute atomic E-state index is 12.6. The maximum atomic E-state index is 12.6. The van der Waals surface area contributed by atoms with Crippen LogP contribution < -0.4 is 10.5 Å². The molecule has 112 valence electrons. The largest absolute Gasteiger partial charge is 0.454 e. The fraction of sp³-hybridized carbons (Fsp3) is 0.200. The molecule has 2 rings (SSSR count). The molecule has 2 aromatic rings. The Labute approximate surface area is 128 Å². The van der Waals surface area contributed by atoms with Crippen molar-refractivity contribution in [1.29, 1.82) is 0 Å². The van der Waals surface area contributed by atoms with Crippen molar-refractivity contribution in [2.24, 2.45) is 0 Å². The molecule has 0 spiro atoms. The molecule has 2 nitrogen and oxygen atoms in total. The molecule has 0 atom stereocenters. The van der Waals surface area contributed by atoms with E-state index in [0.717, 1.165) is 24.1 Å². The molecule has 0 fully saturated rings. The van der Waals surface area contributed by atoms with Gasteiger partial charge in [0, 0.05) is 0 Å². The van der Waals surface area contributed by atoms with Crippen LogP contribution in [0.1, 0.15) is 18.1 Å². The highest BCUT2D eigenvalue weighted by molar-refractivity contribution is 9.10. The Balaban J connectivity index is 2.28. The third kappa shape index (κ3) is 3.69. The molecule has 2 aromatic carbocycles. The second-order valence-electron chi connectivity index (χ2n) is 4.47. The molecule has 0 unspecified atom stereocenters. The molecule has 21 heavy (non-hydrogen) atoms. The van der Waals surface area contributed by atoms with Gasteiger partial charge < -0.3 is 10.5 Å². The summed E-state index contributed by atoms with van der Waals surface area (Å²) in [6.45, 7) is 2.00. The van der Waals surface area contributed by atoms with Gasteiger partial charge in [-0.05, 0) is 58.2 Å². The highest BCUT2D eigenvalue weighted by Gasteiger charge is 2.31. The lowest BCUT2D eigenvalue weighted by Crippen LogP contribution is -2.04. The van der Waals surface area contributed by atoms with Gasteiger partial charge >= 0.3 is 6.18 Å². The molecule has 0 bridgehead atoms. The van der Waals surface area contributed by atoms with Crippen LogP contribution in [0.15, 0.2) is 40.9 Å². The lowest BCUT2D eigenvalue weighted by Gasteiger charge is -2.13. The number of hydrogen-bond donors (Lipinski definition) is 1. The van der Waals surface area contributed by atoms with E-state index in [9.17, 15) is 13.2 Å². The van der Waals surface area contributed by atoms with Gasteiger partial charge in [-0.3, -0.25) is 0 Å². The van der Waals surface area contributed by atoms with Gasteiger partial charge in [0.15, 0.2) is 0 Å². The van der Waals surface area contributed by atoms with Crippen molar-refractivity contribution in [3.63, 3.8) is 0 Å². The van der Waals surface area contributed by atoms with Gasteiger partial charge in [0.05, 0.1) is 15.7 Å². The minimum Gasteiger partial charge on any atom is -0.454 e. The molecule has 0 heterocycles. The summed E-state index contributed by atoms with van der Waals surface area (Å²) in [5.41, 5.74) is 6.64. The molecule has 6 heteroatoms. The molecule has 0 amide bonds. The quantitative estimate of drug-likeness (QED) is 0.744. The topological polar surface area (TPSA) is 35.2 Å². The SMILES string of the molecule is CCc1ccc(Oc2ccc(C(F)(F)F)cc2Br)c(N)c1. The predicted octanol–water partition coefficient (Wildman–Crippen LogP) is 5.40. The lowest BCUT2D eigenvalue weighted by molar-refractivity contribution is -0.137. The highest BCUT2D eigenvalue weighted by atomic mass is 79.9. The lowest BCUT2D eigenvalue weighted by atomic mass is 10.1. The number of alkyl halides is 3. The van der Waals surface area contributed by atoms with E-state index in [1.165, 1.54) is 6.07 Å². The predicted molar refractivity (Wildman–Crippen MR) is 79.5 cm³/mol. The average Bonchev–Trinajstić information content (AvgIpc) is 2.41. The minimum atomic E-state index is -4.39. The highest BCUT2D eigenvalue weighted by Crippen LogP contribution is 2.37. The van der Waals surface area contributed by atoms with Crippen molar-refractivity contribution in [2.45, 2.75) is 19.5 Å². The van der Waals surface area contributed by atoms with Crippen LogP contribution in [0.4, 0.5) is 18.9 Å². The number of halogens is 4. The van der Waals surface area contributed by atoms with Crippen molar-refractivity contribution < 1.29 is 17.9 Å². The van der Waals surface area contributed by atoms with E-state index in [-0.39, 0.29) is 10.2 Å². The number of rotatable bonds is 3. The normalized spacial score (nSPS) is 11.5. The first kappa shape index (κ1) is 15.7. The van der Waals surface area contributed by atoms with E-state index in [4.69, 9.17) is 10.5 Å². The third-order valence-corrected chi connectivity index (χ3v) is 3.58. The summed E-state index contributed by atoms with van der Waals surface area (Å²) in [7, 11) is 0. The van der Waals surface area contributed by atoms with Crippen molar-refractivity contribution in [2.75, 3.05) is 5.73 Å². The van der Waals surface area contributed by atoms with E-state index >= 15 is 0 Å². The molecule has 0 aromatic heterocycles. The van der Waals surface area contributed by atoms with E-state index in [1.807, 2.05) is 13.0 Å². The molecule has 0 aliphatic rings. The van der Waals surface area contributed by atoms with Crippen LogP contribution in [0.25, 0.3) is 0 Å². The molecular weight excluding hydrogens is 347 g/mol. The van der Waals surface area contributed by atoms with Crippen LogP contribution in [-0.4, -0.2) is 0 Å². The average molecular weight is 360 g/mol. The number of nitrogen functional groups attached to an aromatic ring is 1. The first-order valence-corrected chi connectivity index (χ1v) is 7.03. The Morgan fingerprint density at radius 2 is 1.76 bits per heavy atom. The first-order chi connectivity index (χ1) is 9.81. The van der Waals surface area contributed by atoms with E-state index in [1.54, 1.807) is 12.1 Å². The van der Waals surface area contributed by atoms with Crippen molar-refractivity contribution in [1.82, 2.24) is 0 Å². The molecular formula is C15H13BrF3NO. The number of ether oxygens (including phenoxy) is 1. The van der Waals surface area contributed by atoms with E-state index < -0.39 is 11.7 Å². The van der Waals surface area contributed by atoms with Crippen LogP contribution in [0.2, 0.25) is 0 Å². The summed E-state index contributed by atoms with van der Waals surface area (Å²) in [5, 5.41) is 0. The molecule has 0 saturated carbocycles. The van der Waals surface area contributed by atoms with E-state index in [0.29, 0.717) is 11.4 Å². The van der Waals surface area contributed by atoms with Gasteiger partial charge in [0.25, 0.3) is 0 Å². The molecule has 2 N–H and O–H groups in total. The number of anilines is 1. The van der Waals surface area contributed by atoms with Crippen molar-refractivity contribution >= 4 is 21.6 Å². The summed E-state index contributed by atoms with van der Waals surface area (Å²) in [5.74, 6) is 0.687. The second kappa shape index (κ2) is 5.97. The Bertz CT molecular complexity index is 656. The van der Waals surface area contributed by atoms with Gasteiger partial charge in [-0.1, -0.05) is 13.0 Å². The second-order valence-corrected chi connectivity index (χ2v) is 5.33. The Morgan fingerprint density at radius 1 is 1.10 bits per heavy atom. The van der Waals surface area contributed by atoms with Crippen LogP contribution in [-0.2, 0) is 12.6 Å².